The highest BCUT2D eigenvalue weighted by Gasteiger charge is 2.23. The van der Waals surface area contributed by atoms with Crippen LogP contribution >= 0.6 is 23.2 Å². The summed E-state index contributed by atoms with van der Waals surface area (Å²) in [5.41, 5.74) is 10.2. The zero-order valence-corrected chi connectivity index (χ0v) is 60.6. The Morgan fingerprint density at radius 1 is 0.371 bits per heavy atom. The van der Waals surface area contributed by atoms with E-state index >= 15 is 0 Å². The van der Waals surface area contributed by atoms with E-state index in [2.05, 4.69) is 26.8 Å². The third kappa shape index (κ3) is 19.1. The van der Waals surface area contributed by atoms with Crippen LogP contribution in [0.1, 0.15) is 96.7 Å². The third-order valence-corrected chi connectivity index (χ3v) is 20.4. The number of aromatic hydroxyl groups is 3. The molecule has 0 unspecified atom stereocenters. The van der Waals surface area contributed by atoms with Crippen LogP contribution in [0.3, 0.4) is 0 Å². The first-order chi connectivity index (χ1) is 51.2. The van der Waals surface area contributed by atoms with Crippen molar-refractivity contribution in [1.29, 1.82) is 0 Å². The van der Waals surface area contributed by atoms with Crippen LogP contribution in [0.4, 0.5) is 0 Å². The zero-order chi connectivity index (χ0) is 72.6. The number of aryl methyl sites for hydroxylation is 1. The van der Waals surface area contributed by atoms with Crippen molar-refractivity contribution in [3.8, 4) is 67.9 Å². The number of nitrogens with zero attached hydrogens (tertiary/aromatic N) is 3. The van der Waals surface area contributed by atoms with E-state index in [0.29, 0.717) is 93.7 Å². The Balaban J connectivity index is 0.000000140. The standard InChI is InChI=1S/C30H31NO4.2C29H28ClNO4/c1-21-5-9-23(10-6-21)29-27(26-14-11-24(32)20-28(26)35-30(29)33)19-22-7-12-25(13-8-22)34-18-17-31-15-3-2-4-16-31;30-26-7-3-2-6-24(26)28-25(23-13-10-21(32)19-27(23)35-29(28)33)18-20-8-11-22(12-9-20)34-17-16-31-14-4-1-5-15-31;30-22-6-4-5-21(18-22)28-26(25-12-9-23(32)19-27(25)35-29(28)33)17-20-7-10-24(11-8-20)34-16-15-31-13-2-1-3-14-31/h5-14,20,32H,2-4,15-19H2,1H3;2-3,6-13,19,32H,1,4-5,14-18H2;4-12,18-19,32H,1-3,13-17H2. The number of piperidine rings is 3. The van der Waals surface area contributed by atoms with Gasteiger partial charge in [0.1, 0.15) is 71.1 Å². The highest BCUT2D eigenvalue weighted by Crippen LogP contribution is 2.38. The number of rotatable bonds is 21. The van der Waals surface area contributed by atoms with Crippen LogP contribution in [0.2, 0.25) is 10.0 Å². The molecule has 0 saturated carbocycles. The van der Waals surface area contributed by atoms with Crippen molar-refractivity contribution >= 4 is 56.1 Å². The SMILES string of the molecule is Cc1ccc(-c2c(Cc3ccc(OCCN4CCCCC4)cc3)c3ccc(O)cc3oc2=O)cc1.O=c1oc2cc(O)ccc2c(Cc2ccc(OCCN3CCCCC3)cc2)c1-c1cccc(Cl)c1.O=c1oc2cc(O)ccc2c(Cc2ccc(OCCN3CCCCC3)cc2)c1-c1ccccc1Cl. The molecule has 6 heterocycles. The summed E-state index contributed by atoms with van der Waals surface area (Å²) >= 11 is 12.7. The van der Waals surface area contributed by atoms with Crippen LogP contribution in [0.25, 0.3) is 66.3 Å². The molecule has 0 amide bonds. The predicted molar refractivity (Wildman–Crippen MR) is 419 cm³/mol. The first-order valence-electron chi connectivity index (χ1n) is 36.5. The fraction of sp³-hybridized carbons (Fsp3) is 0.284. The molecular weight excluding hydrogens is 1360 g/mol. The minimum atomic E-state index is -0.483. The number of ether oxygens (including phenoxy) is 3. The molecule has 3 aromatic heterocycles. The maximum Gasteiger partial charge on any atom is 0.344 e. The summed E-state index contributed by atoms with van der Waals surface area (Å²) in [6, 6.07) is 61.1. The average Bonchev–Trinajstić information content (AvgIpc) is 0.780. The fourth-order valence-electron chi connectivity index (χ4n) is 14.3. The molecule has 3 N–H and O–H groups in total. The second-order valence-corrected chi connectivity index (χ2v) is 28.2. The molecule has 15 rings (SSSR count). The average molecular weight is 1450 g/mol. The van der Waals surface area contributed by atoms with E-state index in [4.69, 9.17) is 50.7 Å². The number of hydrogen-bond acceptors (Lipinski definition) is 15. The maximum atomic E-state index is 13.1. The number of fused-ring (bicyclic) bond motifs is 3. The Morgan fingerprint density at radius 2 is 0.733 bits per heavy atom. The minimum Gasteiger partial charge on any atom is -0.508 e. The van der Waals surface area contributed by atoms with Crippen LogP contribution in [-0.2, 0) is 19.3 Å². The molecule has 0 bridgehead atoms. The van der Waals surface area contributed by atoms with Crippen molar-refractivity contribution in [2.45, 2.75) is 84.0 Å². The Hall–Kier alpha value is -10.1. The Bertz CT molecular complexity index is 5120. The lowest BCUT2D eigenvalue weighted by Crippen LogP contribution is -2.33. The van der Waals surface area contributed by atoms with Gasteiger partial charge in [-0.3, -0.25) is 14.7 Å². The van der Waals surface area contributed by atoms with E-state index in [-0.39, 0.29) is 17.2 Å². The van der Waals surface area contributed by atoms with Gasteiger partial charge in [0.2, 0.25) is 0 Å². The lowest BCUT2D eigenvalue weighted by molar-refractivity contribution is 0.183. The van der Waals surface area contributed by atoms with Crippen LogP contribution in [0.5, 0.6) is 34.5 Å². The minimum absolute atomic E-state index is 0.0446. The summed E-state index contributed by atoms with van der Waals surface area (Å²) in [5.74, 6) is 2.69. The molecule has 0 atom stereocenters. The molecule has 12 aromatic rings. The largest absolute Gasteiger partial charge is 0.508 e. The number of phenols is 3. The number of halogens is 2. The van der Waals surface area contributed by atoms with Gasteiger partial charge in [-0.05, 0) is 239 Å². The van der Waals surface area contributed by atoms with E-state index in [1.807, 2.05) is 128 Å². The molecule has 3 saturated heterocycles. The van der Waals surface area contributed by atoms with Crippen molar-refractivity contribution in [3.63, 3.8) is 0 Å². The first kappa shape index (κ1) is 73.2. The molecule has 0 radical (unpaired) electrons. The van der Waals surface area contributed by atoms with E-state index in [1.54, 1.807) is 48.5 Å². The van der Waals surface area contributed by atoms with Gasteiger partial charge >= 0.3 is 16.9 Å². The van der Waals surface area contributed by atoms with E-state index in [9.17, 15) is 29.7 Å². The first-order valence-corrected chi connectivity index (χ1v) is 37.2. The Labute approximate surface area is 621 Å². The Morgan fingerprint density at radius 3 is 1.11 bits per heavy atom. The van der Waals surface area contributed by atoms with Gasteiger partial charge in [0.05, 0.1) is 16.7 Å². The quantitative estimate of drug-likeness (QED) is 0.0576. The molecule has 0 spiro atoms. The third-order valence-electron chi connectivity index (χ3n) is 19.9. The number of hydrogen-bond donors (Lipinski definition) is 3. The smallest absolute Gasteiger partial charge is 0.344 e. The summed E-state index contributed by atoms with van der Waals surface area (Å²) < 4.78 is 34.7. The van der Waals surface area contributed by atoms with Gasteiger partial charge in [-0.25, -0.2) is 14.4 Å². The van der Waals surface area contributed by atoms with Gasteiger partial charge in [-0.15, -0.1) is 0 Å². The van der Waals surface area contributed by atoms with Gasteiger partial charge < -0.3 is 42.8 Å². The lowest BCUT2D eigenvalue weighted by Gasteiger charge is -2.26. The summed E-state index contributed by atoms with van der Waals surface area (Å²) in [6.07, 6.45) is 13.2. The molecule has 15 nitrogen and oxygen atoms in total. The Kier molecular flexibility index (Phi) is 24.5. The summed E-state index contributed by atoms with van der Waals surface area (Å²) in [4.78, 5) is 46.6. The zero-order valence-electron chi connectivity index (χ0n) is 59.1. The molecule has 3 aliphatic rings. The monoisotopic (exact) mass is 1450 g/mol. The van der Waals surface area contributed by atoms with Crippen molar-refractivity contribution in [3.05, 3.63) is 280 Å². The predicted octanol–water partition coefficient (Wildman–Crippen LogP) is 18.5. The van der Waals surface area contributed by atoms with Crippen LogP contribution in [-0.4, -0.2) is 109 Å². The van der Waals surface area contributed by atoms with Crippen LogP contribution < -0.4 is 31.1 Å². The van der Waals surface area contributed by atoms with Gasteiger partial charge in [0.25, 0.3) is 0 Å². The van der Waals surface area contributed by atoms with Crippen molar-refractivity contribution in [2.75, 3.05) is 78.7 Å². The van der Waals surface area contributed by atoms with Crippen molar-refractivity contribution < 1.29 is 42.8 Å². The molecule has 17 heteroatoms. The summed E-state index contributed by atoms with van der Waals surface area (Å²) in [5, 5.41) is 33.1. The molecular formula is C88H87Cl2N3O12. The van der Waals surface area contributed by atoms with E-state index in [1.165, 1.54) is 89.1 Å². The normalized spacial score (nSPS) is 14.3. The lowest BCUT2D eigenvalue weighted by atomic mass is 9.93. The summed E-state index contributed by atoms with van der Waals surface area (Å²) in [6.45, 7) is 13.9. The number of likely N-dealkylation sites (tertiary alicyclic amines) is 3. The fourth-order valence-corrected chi connectivity index (χ4v) is 14.8. The highest BCUT2D eigenvalue weighted by molar-refractivity contribution is 6.33. The van der Waals surface area contributed by atoms with Crippen LogP contribution in [0.15, 0.2) is 228 Å². The van der Waals surface area contributed by atoms with Crippen LogP contribution in [0, 0.1) is 6.92 Å². The topological polar surface area (TPSA) is 189 Å². The molecule has 540 valence electrons. The second-order valence-electron chi connectivity index (χ2n) is 27.3. The van der Waals surface area contributed by atoms with Crippen molar-refractivity contribution in [1.82, 2.24) is 14.7 Å². The molecule has 0 aliphatic carbocycles. The number of benzene rings is 9. The van der Waals surface area contributed by atoms with E-state index in [0.717, 1.165) is 124 Å². The maximum absolute atomic E-state index is 13.1. The number of phenolic OH excluding ortho intramolecular Hbond substituents is 3. The van der Waals surface area contributed by atoms with Crippen molar-refractivity contribution in [2.24, 2.45) is 0 Å². The molecule has 9 aromatic carbocycles. The van der Waals surface area contributed by atoms with Gasteiger partial charge in [0.15, 0.2) is 0 Å². The molecule has 105 heavy (non-hydrogen) atoms. The van der Waals surface area contributed by atoms with E-state index < -0.39 is 16.9 Å². The van der Waals surface area contributed by atoms with Gasteiger partial charge in [-0.1, -0.05) is 139 Å². The summed E-state index contributed by atoms with van der Waals surface area (Å²) in [7, 11) is 0. The molecule has 3 aliphatic heterocycles. The van der Waals surface area contributed by atoms with Gasteiger partial charge in [-0.2, -0.15) is 0 Å². The highest BCUT2D eigenvalue weighted by atomic mass is 35.5. The molecule has 3 fully saturated rings. The van der Waals surface area contributed by atoms with Gasteiger partial charge in [0, 0.05) is 69.6 Å². The second kappa shape index (κ2) is 35.1.